The molecule has 0 radical (unpaired) electrons. The van der Waals surface area contributed by atoms with Crippen LogP contribution >= 0.6 is 0 Å². The van der Waals surface area contributed by atoms with Crippen molar-refractivity contribution in [2.75, 3.05) is 11.1 Å². The first kappa shape index (κ1) is 24.3. The largest absolute Gasteiger partial charge is 0.481 e. The smallest absolute Gasteiger partial charge is 0.306 e. The summed E-state index contributed by atoms with van der Waals surface area (Å²) in [4.78, 5) is 38.1. The molecule has 0 bridgehead atoms. The molecule has 9 heteroatoms. The number of aromatic nitrogens is 4. The second kappa shape index (κ2) is 10.0. The third kappa shape index (κ3) is 4.70. The van der Waals surface area contributed by atoms with Crippen LogP contribution < -0.4 is 11.1 Å². The normalized spacial score (nSPS) is 16.8. The van der Waals surface area contributed by atoms with Gasteiger partial charge in [0.2, 0.25) is 5.91 Å². The highest BCUT2D eigenvalue weighted by atomic mass is 16.4. The molecule has 0 saturated heterocycles. The molecule has 0 aliphatic heterocycles. The van der Waals surface area contributed by atoms with Gasteiger partial charge in [-0.15, -0.1) is 0 Å². The molecule has 9 nitrogen and oxygen atoms in total. The van der Waals surface area contributed by atoms with Crippen LogP contribution in [0.4, 0.5) is 11.5 Å². The standard InChI is InChI=1S/C30H26N6O3/c31-26-23(7-4-16-32-26)27-35-25-15-14-24(18-5-2-1-3-6-18)34-28(25)36(27)22-12-10-21(11-13-22)33-29(37)19-8-9-20(17-19)30(38)39/h1-7,10-16,19-20H,8-9,17H2,(H2,31,32)(H,33,37)(H,38,39). The summed E-state index contributed by atoms with van der Waals surface area (Å²) in [6, 6.07) is 24.9. The molecule has 3 heterocycles. The van der Waals surface area contributed by atoms with Crippen molar-refractivity contribution < 1.29 is 14.7 Å². The number of imidazole rings is 1. The maximum Gasteiger partial charge on any atom is 0.306 e. The summed E-state index contributed by atoms with van der Waals surface area (Å²) in [6.45, 7) is 0. The number of carbonyl (C=O) groups excluding carboxylic acids is 1. The van der Waals surface area contributed by atoms with Crippen molar-refractivity contribution in [1.82, 2.24) is 19.5 Å². The van der Waals surface area contributed by atoms with Gasteiger partial charge < -0.3 is 16.2 Å². The minimum absolute atomic E-state index is 0.155. The first-order valence-electron chi connectivity index (χ1n) is 12.8. The number of rotatable bonds is 6. The van der Waals surface area contributed by atoms with Gasteiger partial charge in [-0.1, -0.05) is 30.3 Å². The number of pyridine rings is 2. The van der Waals surface area contributed by atoms with Gasteiger partial charge in [-0.2, -0.15) is 0 Å². The lowest BCUT2D eigenvalue weighted by atomic mass is 10.0. The van der Waals surface area contributed by atoms with Crippen LogP contribution in [-0.2, 0) is 9.59 Å². The molecular formula is C30H26N6O3. The van der Waals surface area contributed by atoms with Gasteiger partial charge in [-0.25, -0.2) is 15.0 Å². The van der Waals surface area contributed by atoms with E-state index in [2.05, 4.69) is 10.3 Å². The summed E-state index contributed by atoms with van der Waals surface area (Å²) in [5, 5.41) is 12.2. The predicted molar refractivity (Wildman–Crippen MR) is 149 cm³/mol. The van der Waals surface area contributed by atoms with Crippen LogP contribution in [0.2, 0.25) is 0 Å². The Morgan fingerprint density at radius 2 is 1.67 bits per heavy atom. The quantitative estimate of drug-likeness (QED) is 0.282. The summed E-state index contributed by atoms with van der Waals surface area (Å²) < 4.78 is 1.94. The van der Waals surface area contributed by atoms with E-state index in [4.69, 9.17) is 15.7 Å². The fourth-order valence-corrected chi connectivity index (χ4v) is 5.14. The number of nitrogen functional groups attached to an aromatic ring is 1. The Hall–Kier alpha value is -5.05. The van der Waals surface area contributed by atoms with Gasteiger partial charge in [-0.3, -0.25) is 14.2 Å². The number of aliphatic carboxylic acids is 1. The molecule has 194 valence electrons. The van der Waals surface area contributed by atoms with Crippen LogP contribution in [0.5, 0.6) is 0 Å². The molecule has 2 aromatic carbocycles. The lowest BCUT2D eigenvalue weighted by Crippen LogP contribution is -2.21. The Morgan fingerprint density at radius 3 is 2.38 bits per heavy atom. The number of anilines is 2. The second-order valence-corrected chi connectivity index (χ2v) is 9.69. The Morgan fingerprint density at radius 1 is 0.897 bits per heavy atom. The van der Waals surface area contributed by atoms with E-state index in [1.165, 1.54) is 0 Å². The maximum atomic E-state index is 12.8. The zero-order valence-corrected chi connectivity index (χ0v) is 21.0. The summed E-state index contributed by atoms with van der Waals surface area (Å²) >= 11 is 0. The van der Waals surface area contributed by atoms with Crippen molar-refractivity contribution in [3.63, 3.8) is 0 Å². The number of carboxylic acid groups (broad SMARTS) is 1. The lowest BCUT2D eigenvalue weighted by molar-refractivity contribution is -0.141. The van der Waals surface area contributed by atoms with Gasteiger partial charge in [0, 0.05) is 29.1 Å². The van der Waals surface area contributed by atoms with E-state index in [1.54, 1.807) is 6.20 Å². The SMILES string of the molecule is Nc1ncccc1-c1nc2ccc(-c3ccccc3)nc2n1-c1ccc(NC(=O)C2CCC(C(=O)O)C2)cc1. The van der Waals surface area contributed by atoms with Crippen LogP contribution in [0.3, 0.4) is 0 Å². The number of hydrogen-bond acceptors (Lipinski definition) is 6. The Balaban J connectivity index is 1.38. The van der Waals surface area contributed by atoms with Gasteiger partial charge in [-0.05, 0) is 67.8 Å². The topological polar surface area (TPSA) is 136 Å². The number of hydrogen-bond donors (Lipinski definition) is 3. The average Bonchev–Trinajstić information content (AvgIpc) is 3.60. The molecule has 1 fully saturated rings. The molecular weight excluding hydrogens is 492 g/mol. The molecule has 1 amide bonds. The number of benzene rings is 2. The fraction of sp³-hybridized carbons (Fsp3) is 0.167. The van der Waals surface area contributed by atoms with Gasteiger partial charge in [0.15, 0.2) is 11.5 Å². The highest BCUT2D eigenvalue weighted by Gasteiger charge is 2.33. The van der Waals surface area contributed by atoms with E-state index in [9.17, 15) is 14.7 Å². The van der Waals surface area contributed by atoms with Crippen LogP contribution in [0.15, 0.2) is 85.1 Å². The lowest BCUT2D eigenvalue weighted by Gasteiger charge is -2.13. The number of amides is 1. The van der Waals surface area contributed by atoms with E-state index < -0.39 is 11.9 Å². The van der Waals surface area contributed by atoms with E-state index >= 15 is 0 Å². The molecule has 6 rings (SSSR count). The van der Waals surface area contributed by atoms with Crippen molar-refractivity contribution in [3.05, 3.63) is 85.1 Å². The first-order valence-corrected chi connectivity index (χ1v) is 12.8. The second-order valence-electron chi connectivity index (χ2n) is 9.69. The van der Waals surface area contributed by atoms with E-state index in [0.29, 0.717) is 53.3 Å². The first-order chi connectivity index (χ1) is 19.0. The third-order valence-corrected chi connectivity index (χ3v) is 7.20. The summed E-state index contributed by atoms with van der Waals surface area (Å²) in [5.74, 6) is -0.782. The Kier molecular flexibility index (Phi) is 6.24. The van der Waals surface area contributed by atoms with Gasteiger partial charge in [0.1, 0.15) is 11.3 Å². The fourth-order valence-electron chi connectivity index (χ4n) is 5.14. The van der Waals surface area contributed by atoms with E-state index in [1.807, 2.05) is 83.4 Å². The number of nitrogens with one attached hydrogen (secondary N) is 1. The monoisotopic (exact) mass is 518 g/mol. The molecule has 5 aromatic rings. The molecule has 1 aliphatic rings. The van der Waals surface area contributed by atoms with Crippen LogP contribution in [0, 0.1) is 11.8 Å². The highest BCUT2D eigenvalue weighted by Crippen LogP contribution is 2.34. The van der Waals surface area contributed by atoms with Crippen molar-refractivity contribution in [3.8, 4) is 28.3 Å². The summed E-state index contributed by atoms with van der Waals surface area (Å²) in [5.41, 5.74) is 11.5. The van der Waals surface area contributed by atoms with Gasteiger partial charge in [0.25, 0.3) is 0 Å². The zero-order chi connectivity index (χ0) is 26.9. The Bertz CT molecular complexity index is 1680. The molecule has 0 spiro atoms. The number of nitrogens with zero attached hydrogens (tertiary/aromatic N) is 4. The molecule has 39 heavy (non-hydrogen) atoms. The van der Waals surface area contributed by atoms with Crippen LogP contribution in [0.1, 0.15) is 19.3 Å². The van der Waals surface area contributed by atoms with Gasteiger partial charge in [0.05, 0.1) is 17.2 Å². The Labute approximate surface area is 224 Å². The molecule has 1 aliphatic carbocycles. The number of carboxylic acids is 1. The number of nitrogens with two attached hydrogens (primary N) is 1. The van der Waals surface area contributed by atoms with E-state index in [-0.39, 0.29) is 11.8 Å². The minimum Gasteiger partial charge on any atom is -0.481 e. The molecule has 2 atom stereocenters. The summed E-state index contributed by atoms with van der Waals surface area (Å²) in [6.07, 6.45) is 3.11. The predicted octanol–water partition coefficient (Wildman–Crippen LogP) is 5.17. The highest BCUT2D eigenvalue weighted by molar-refractivity contribution is 5.93. The van der Waals surface area contributed by atoms with Gasteiger partial charge >= 0.3 is 5.97 Å². The number of carbonyl (C=O) groups is 2. The number of fused-ring (bicyclic) bond motifs is 1. The minimum atomic E-state index is -0.837. The molecule has 1 saturated carbocycles. The maximum absolute atomic E-state index is 12.8. The zero-order valence-electron chi connectivity index (χ0n) is 21.0. The van der Waals surface area contributed by atoms with E-state index in [0.717, 1.165) is 16.9 Å². The molecule has 4 N–H and O–H groups in total. The third-order valence-electron chi connectivity index (χ3n) is 7.20. The molecule has 2 unspecified atom stereocenters. The summed E-state index contributed by atoms with van der Waals surface area (Å²) in [7, 11) is 0. The average molecular weight is 519 g/mol. The van der Waals surface area contributed by atoms with Crippen molar-refractivity contribution >= 4 is 34.5 Å². The van der Waals surface area contributed by atoms with Crippen molar-refractivity contribution in [2.24, 2.45) is 11.8 Å². The van der Waals surface area contributed by atoms with Crippen LogP contribution in [0.25, 0.3) is 39.5 Å². The van der Waals surface area contributed by atoms with Crippen molar-refractivity contribution in [2.45, 2.75) is 19.3 Å². The van der Waals surface area contributed by atoms with Crippen LogP contribution in [-0.4, -0.2) is 36.5 Å². The molecule has 3 aromatic heterocycles. The van der Waals surface area contributed by atoms with Crippen molar-refractivity contribution in [1.29, 1.82) is 0 Å².